The lowest BCUT2D eigenvalue weighted by Crippen LogP contribution is -2.38. The van der Waals surface area contributed by atoms with Gasteiger partial charge in [0.1, 0.15) is 5.75 Å². The molecule has 23 heavy (non-hydrogen) atoms. The molecule has 2 rings (SSSR count). The lowest BCUT2D eigenvalue weighted by Gasteiger charge is -2.16. The minimum absolute atomic E-state index is 0.127. The molecule has 0 aliphatic carbocycles. The number of ether oxygens (including phenoxy) is 2. The fourth-order valence-corrected chi connectivity index (χ4v) is 2.34. The van der Waals surface area contributed by atoms with Gasteiger partial charge in [-0.25, -0.2) is 4.79 Å². The Balaban J connectivity index is 2.11. The van der Waals surface area contributed by atoms with E-state index < -0.39 is 23.6 Å². The minimum atomic E-state index is -4.60. The van der Waals surface area contributed by atoms with E-state index in [1.165, 1.54) is 19.2 Å². The Kier molecular flexibility index (Phi) is 5.84. The lowest BCUT2D eigenvalue weighted by atomic mass is 10.1. The number of alkyl halides is 3. The maximum Gasteiger partial charge on any atom is 0.419 e. The first-order valence-electron chi connectivity index (χ1n) is 7.28. The number of carbonyl (C=O) groups excluding carboxylic acids is 1. The average Bonchev–Trinajstić information content (AvgIpc) is 2.97. The normalized spacial score (nSPS) is 18.0. The Labute approximate surface area is 132 Å². The third-order valence-electron chi connectivity index (χ3n) is 3.53. The molecular formula is C15H19F3N2O3. The highest BCUT2D eigenvalue weighted by atomic mass is 19.4. The van der Waals surface area contributed by atoms with Crippen LogP contribution in [0.1, 0.15) is 17.5 Å². The van der Waals surface area contributed by atoms with Gasteiger partial charge in [0.05, 0.1) is 12.2 Å². The molecule has 0 aromatic heterocycles. The number of carbonyl (C=O) groups is 1. The molecule has 128 valence electrons. The molecule has 8 heteroatoms. The van der Waals surface area contributed by atoms with Gasteiger partial charge in [0.25, 0.3) is 0 Å². The van der Waals surface area contributed by atoms with Crippen LogP contribution in [0, 0.1) is 0 Å². The van der Waals surface area contributed by atoms with Crippen molar-refractivity contribution in [3.8, 4) is 5.75 Å². The van der Waals surface area contributed by atoms with E-state index in [4.69, 9.17) is 9.47 Å². The Bertz CT molecular complexity index is 543. The van der Waals surface area contributed by atoms with Gasteiger partial charge in [-0.15, -0.1) is 0 Å². The summed E-state index contributed by atoms with van der Waals surface area (Å²) in [5.41, 5.74) is -0.502. The van der Waals surface area contributed by atoms with Crippen LogP contribution < -0.4 is 15.4 Å². The van der Waals surface area contributed by atoms with Crippen molar-refractivity contribution in [3.05, 3.63) is 29.3 Å². The van der Waals surface area contributed by atoms with Crippen LogP contribution in [0.2, 0.25) is 0 Å². The number of hydrogen-bond acceptors (Lipinski definition) is 4. The zero-order valence-corrected chi connectivity index (χ0v) is 12.7. The Hall–Kier alpha value is -1.80. The summed E-state index contributed by atoms with van der Waals surface area (Å²) in [5, 5.41) is 5.59. The van der Waals surface area contributed by atoms with Crippen molar-refractivity contribution in [1.29, 1.82) is 0 Å². The molecule has 0 radical (unpaired) electrons. The van der Waals surface area contributed by atoms with Gasteiger partial charge in [0.2, 0.25) is 0 Å². The summed E-state index contributed by atoms with van der Waals surface area (Å²) in [5.74, 6) is -0.498. The van der Waals surface area contributed by atoms with Gasteiger partial charge in [-0.2, -0.15) is 13.2 Å². The molecule has 0 bridgehead atoms. The van der Waals surface area contributed by atoms with Crippen LogP contribution in [-0.2, 0) is 17.3 Å². The Morgan fingerprint density at radius 1 is 1.43 bits per heavy atom. The quantitative estimate of drug-likeness (QED) is 0.869. The fourth-order valence-electron chi connectivity index (χ4n) is 2.34. The van der Waals surface area contributed by atoms with Crippen LogP contribution in [-0.4, -0.2) is 38.9 Å². The van der Waals surface area contributed by atoms with E-state index in [0.717, 1.165) is 19.0 Å². The zero-order valence-electron chi connectivity index (χ0n) is 12.7. The summed E-state index contributed by atoms with van der Waals surface area (Å²) in [6.07, 6.45) is -4.42. The van der Waals surface area contributed by atoms with Gasteiger partial charge in [0, 0.05) is 19.7 Å². The lowest BCUT2D eigenvalue weighted by molar-refractivity contribution is -0.138. The molecule has 1 aliphatic heterocycles. The second kappa shape index (κ2) is 7.65. The van der Waals surface area contributed by atoms with E-state index in [2.05, 4.69) is 10.6 Å². The van der Waals surface area contributed by atoms with Crippen LogP contribution >= 0.6 is 0 Å². The molecular weight excluding hydrogens is 313 g/mol. The van der Waals surface area contributed by atoms with E-state index in [1.54, 1.807) is 0 Å². The third-order valence-corrected chi connectivity index (χ3v) is 3.53. The van der Waals surface area contributed by atoms with Crippen molar-refractivity contribution in [1.82, 2.24) is 10.6 Å². The highest BCUT2D eigenvalue weighted by molar-refractivity contribution is 5.71. The Morgan fingerprint density at radius 3 is 2.83 bits per heavy atom. The topological polar surface area (TPSA) is 59.6 Å². The highest BCUT2D eigenvalue weighted by Crippen LogP contribution is 2.37. The van der Waals surface area contributed by atoms with E-state index in [-0.39, 0.29) is 6.04 Å². The standard InChI is InChI=1S/C15H19F3N2O3/c1-22-7-5-10-2-3-13(12(8-10)15(16,17)18)23-14(21)20-11-4-6-19-9-11/h2-3,8,11,19H,4-7,9H2,1H3,(H,20,21). The van der Waals surface area contributed by atoms with Gasteiger partial charge in [0.15, 0.2) is 0 Å². The molecule has 1 heterocycles. The van der Waals surface area contributed by atoms with Crippen molar-refractivity contribution in [2.45, 2.75) is 25.1 Å². The van der Waals surface area contributed by atoms with Crippen molar-refractivity contribution in [2.75, 3.05) is 26.8 Å². The molecule has 1 saturated heterocycles. The summed E-state index contributed by atoms with van der Waals surface area (Å²) in [6, 6.07) is 3.52. The van der Waals surface area contributed by atoms with E-state index >= 15 is 0 Å². The van der Waals surface area contributed by atoms with E-state index in [9.17, 15) is 18.0 Å². The van der Waals surface area contributed by atoms with Gasteiger partial charge < -0.3 is 20.1 Å². The van der Waals surface area contributed by atoms with Crippen molar-refractivity contribution in [3.63, 3.8) is 0 Å². The van der Waals surface area contributed by atoms with Crippen LogP contribution in [0.5, 0.6) is 5.75 Å². The summed E-state index contributed by atoms with van der Waals surface area (Å²) >= 11 is 0. The molecule has 1 amide bonds. The van der Waals surface area contributed by atoms with Crippen molar-refractivity contribution in [2.24, 2.45) is 0 Å². The number of hydrogen-bond donors (Lipinski definition) is 2. The molecule has 0 saturated carbocycles. The number of rotatable bonds is 5. The van der Waals surface area contributed by atoms with Gasteiger partial charge in [-0.05, 0) is 37.1 Å². The van der Waals surface area contributed by atoms with Crippen LogP contribution in [0.3, 0.4) is 0 Å². The number of methoxy groups -OCH3 is 1. The predicted molar refractivity (Wildman–Crippen MR) is 77.5 cm³/mol. The van der Waals surface area contributed by atoms with E-state index in [1.807, 2.05) is 0 Å². The highest BCUT2D eigenvalue weighted by Gasteiger charge is 2.35. The number of halogens is 3. The predicted octanol–water partition coefficient (Wildman–Crippen LogP) is 2.34. The first-order chi connectivity index (χ1) is 10.9. The first kappa shape index (κ1) is 17.6. The molecule has 1 unspecified atom stereocenters. The summed E-state index contributed by atoms with van der Waals surface area (Å²) in [6.45, 7) is 1.65. The largest absolute Gasteiger partial charge is 0.419 e. The van der Waals surface area contributed by atoms with Gasteiger partial charge in [-0.1, -0.05) is 6.07 Å². The molecule has 2 N–H and O–H groups in total. The molecule has 1 fully saturated rings. The first-order valence-corrected chi connectivity index (χ1v) is 7.28. The maximum absolute atomic E-state index is 13.2. The molecule has 1 aromatic rings. The van der Waals surface area contributed by atoms with Crippen molar-refractivity contribution >= 4 is 6.09 Å². The maximum atomic E-state index is 13.2. The average molecular weight is 332 g/mol. The molecule has 5 nitrogen and oxygen atoms in total. The molecule has 1 aliphatic rings. The van der Waals surface area contributed by atoms with Crippen LogP contribution in [0.25, 0.3) is 0 Å². The molecule has 1 aromatic carbocycles. The molecule has 1 atom stereocenters. The number of benzene rings is 1. The van der Waals surface area contributed by atoms with Gasteiger partial charge >= 0.3 is 12.3 Å². The fraction of sp³-hybridized carbons (Fsp3) is 0.533. The smallest absolute Gasteiger partial charge is 0.410 e. The summed E-state index contributed by atoms with van der Waals surface area (Å²) in [4.78, 5) is 11.8. The van der Waals surface area contributed by atoms with E-state index in [0.29, 0.717) is 25.1 Å². The molecule has 0 spiro atoms. The minimum Gasteiger partial charge on any atom is -0.410 e. The van der Waals surface area contributed by atoms with Crippen LogP contribution in [0.4, 0.5) is 18.0 Å². The van der Waals surface area contributed by atoms with Crippen molar-refractivity contribution < 1.29 is 27.4 Å². The zero-order chi connectivity index (χ0) is 16.9. The van der Waals surface area contributed by atoms with Crippen LogP contribution in [0.15, 0.2) is 18.2 Å². The Morgan fingerprint density at radius 2 is 2.22 bits per heavy atom. The van der Waals surface area contributed by atoms with Gasteiger partial charge in [-0.3, -0.25) is 0 Å². The SMILES string of the molecule is COCCc1ccc(OC(=O)NC2CCNC2)c(C(F)(F)F)c1. The monoisotopic (exact) mass is 332 g/mol. The number of amides is 1. The summed E-state index contributed by atoms with van der Waals surface area (Å²) < 4.78 is 49.2. The summed E-state index contributed by atoms with van der Waals surface area (Å²) in [7, 11) is 1.48. The second-order valence-electron chi connectivity index (χ2n) is 5.29. The number of nitrogens with one attached hydrogen (secondary N) is 2. The third kappa shape index (κ3) is 5.11. The second-order valence-corrected chi connectivity index (χ2v) is 5.29.